The molecule has 134 valence electrons. The molecule has 1 aromatic carbocycles. The van der Waals surface area contributed by atoms with Gasteiger partial charge in [-0.1, -0.05) is 37.5 Å². The molecule has 24 heavy (non-hydrogen) atoms. The first-order valence-corrected chi connectivity index (χ1v) is 8.92. The smallest absolute Gasteiger partial charge is 0.194 e. The number of hydrogen-bond donors (Lipinski definition) is 2. The van der Waals surface area contributed by atoms with E-state index in [4.69, 9.17) is 9.73 Å². The molecular formula is C19H31N3O2. The van der Waals surface area contributed by atoms with Gasteiger partial charge in [-0.25, -0.2) is 0 Å². The fourth-order valence-electron chi connectivity index (χ4n) is 3.22. The van der Waals surface area contributed by atoms with Crippen LogP contribution in [0, 0.1) is 0 Å². The molecule has 5 nitrogen and oxygen atoms in total. The Bertz CT molecular complexity index is 539. The highest BCUT2D eigenvalue weighted by atomic mass is 16.5. The number of benzene rings is 1. The van der Waals surface area contributed by atoms with Crippen molar-refractivity contribution in [3.8, 4) is 5.75 Å². The molecule has 2 N–H and O–H groups in total. The highest BCUT2D eigenvalue weighted by molar-refractivity contribution is 5.79. The first-order valence-electron chi connectivity index (χ1n) is 8.92. The Morgan fingerprint density at radius 2 is 2.00 bits per heavy atom. The van der Waals surface area contributed by atoms with Gasteiger partial charge in [0.05, 0.1) is 19.3 Å². The van der Waals surface area contributed by atoms with E-state index in [1.807, 2.05) is 25.2 Å². The molecule has 0 atom stereocenters. The second kappa shape index (κ2) is 8.92. The second-order valence-corrected chi connectivity index (χ2v) is 6.62. The number of rotatable bonds is 6. The number of guanidine groups is 1. The van der Waals surface area contributed by atoms with Crippen LogP contribution in [0.25, 0.3) is 0 Å². The summed E-state index contributed by atoms with van der Waals surface area (Å²) in [6.07, 6.45) is 5.12. The van der Waals surface area contributed by atoms with E-state index >= 15 is 0 Å². The monoisotopic (exact) mass is 333 g/mol. The number of ether oxygens (including phenoxy) is 1. The van der Waals surface area contributed by atoms with Gasteiger partial charge in [0.25, 0.3) is 0 Å². The highest BCUT2D eigenvalue weighted by Gasteiger charge is 2.29. The van der Waals surface area contributed by atoms with Gasteiger partial charge in [0.15, 0.2) is 5.96 Å². The van der Waals surface area contributed by atoms with Crippen molar-refractivity contribution in [2.24, 2.45) is 4.99 Å². The van der Waals surface area contributed by atoms with E-state index in [0.29, 0.717) is 13.1 Å². The second-order valence-electron chi connectivity index (χ2n) is 6.62. The first kappa shape index (κ1) is 18.6. The zero-order valence-electron chi connectivity index (χ0n) is 15.2. The molecule has 0 radical (unpaired) electrons. The van der Waals surface area contributed by atoms with Crippen LogP contribution in [0.2, 0.25) is 0 Å². The van der Waals surface area contributed by atoms with E-state index in [0.717, 1.165) is 49.5 Å². The molecule has 1 aliphatic rings. The molecule has 1 fully saturated rings. The maximum absolute atomic E-state index is 10.7. The van der Waals surface area contributed by atoms with Crippen molar-refractivity contribution in [3.05, 3.63) is 29.8 Å². The number of aliphatic imine (C=N–C) groups is 1. The van der Waals surface area contributed by atoms with Crippen molar-refractivity contribution < 1.29 is 9.84 Å². The molecule has 5 heteroatoms. The molecule has 0 spiro atoms. The quantitative estimate of drug-likeness (QED) is 0.621. The third-order valence-corrected chi connectivity index (χ3v) is 4.60. The number of para-hydroxylation sites is 1. The number of methoxy groups -OCH3 is 1. The average Bonchev–Trinajstić information content (AvgIpc) is 2.59. The van der Waals surface area contributed by atoms with E-state index < -0.39 is 5.60 Å². The number of nitrogens with one attached hydrogen (secondary N) is 1. The lowest BCUT2D eigenvalue weighted by Gasteiger charge is -2.31. The molecule has 0 saturated heterocycles. The zero-order valence-corrected chi connectivity index (χ0v) is 15.2. The largest absolute Gasteiger partial charge is 0.496 e. The summed E-state index contributed by atoms with van der Waals surface area (Å²) in [6.45, 7) is 4.02. The Kier molecular flexibility index (Phi) is 6.91. The lowest BCUT2D eigenvalue weighted by atomic mass is 9.85. The Labute approximate surface area is 145 Å². The minimum absolute atomic E-state index is 0.464. The summed E-state index contributed by atoms with van der Waals surface area (Å²) in [5.74, 6) is 1.70. The number of nitrogens with zero attached hydrogens (tertiary/aromatic N) is 2. The van der Waals surface area contributed by atoms with E-state index in [1.165, 1.54) is 6.42 Å². The fraction of sp³-hybridized carbons (Fsp3) is 0.632. The summed E-state index contributed by atoms with van der Waals surface area (Å²) in [5, 5.41) is 14.0. The molecule has 0 bridgehead atoms. The van der Waals surface area contributed by atoms with E-state index in [2.05, 4.69) is 23.2 Å². The van der Waals surface area contributed by atoms with Crippen LogP contribution in [-0.4, -0.2) is 48.8 Å². The molecule has 0 amide bonds. The van der Waals surface area contributed by atoms with Crippen molar-refractivity contribution in [3.63, 3.8) is 0 Å². The Morgan fingerprint density at radius 3 is 2.67 bits per heavy atom. The maximum Gasteiger partial charge on any atom is 0.194 e. The van der Waals surface area contributed by atoms with Crippen molar-refractivity contribution in [2.75, 3.05) is 27.2 Å². The molecule has 1 aromatic rings. The number of hydrogen-bond acceptors (Lipinski definition) is 3. The molecule has 0 unspecified atom stereocenters. The van der Waals surface area contributed by atoms with Gasteiger partial charge in [-0.05, 0) is 25.8 Å². The maximum atomic E-state index is 10.7. The molecule has 0 aliphatic heterocycles. The topological polar surface area (TPSA) is 57.1 Å². The lowest BCUT2D eigenvalue weighted by Crippen LogP contribution is -2.41. The SMILES string of the molecule is CCNC(=NCC1(O)CCCCC1)N(C)Cc1ccccc1OC. The van der Waals surface area contributed by atoms with Crippen LogP contribution >= 0.6 is 0 Å². The van der Waals surface area contributed by atoms with Crippen LogP contribution in [-0.2, 0) is 6.54 Å². The summed E-state index contributed by atoms with van der Waals surface area (Å²) < 4.78 is 5.43. The van der Waals surface area contributed by atoms with Gasteiger partial charge in [-0.3, -0.25) is 4.99 Å². The summed E-state index contributed by atoms with van der Waals surface area (Å²) in [7, 11) is 3.70. The molecule has 2 rings (SSSR count). The van der Waals surface area contributed by atoms with E-state index in [-0.39, 0.29) is 0 Å². The Balaban J connectivity index is 2.06. The minimum Gasteiger partial charge on any atom is -0.496 e. The third-order valence-electron chi connectivity index (χ3n) is 4.60. The van der Waals surface area contributed by atoms with Crippen molar-refractivity contribution in [2.45, 2.75) is 51.2 Å². The standard InChI is InChI=1S/C19H31N3O2/c1-4-20-18(21-15-19(23)12-8-5-9-13-19)22(2)14-16-10-6-7-11-17(16)24-3/h6-7,10-11,23H,4-5,8-9,12-15H2,1-3H3,(H,20,21). The van der Waals surface area contributed by atoms with Crippen LogP contribution < -0.4 is 10.1 Å². The van der Waals surface area contributed by atoms with Gasteiger partial charge in [0.1, 0.15) is 5.75 Å². The van der Waals surface area contributed by atoms with Crippen molar-refractivity contribution in [1.82, 2.24) is 10.2 Å². The van der Waals surface area contributed by atoms with Gasteiger partial charge in [0.2, 0.25) is 0 Å². The fourth-order valence-corrected chi connectivity index (χ4v) is 3.22. The van der Waals surface area contributed by atoms with Crippen LogP contribution in [0.1, 0.15) is 44.6 Å². The predicted molar refractivity (Wildman–Crippen MR) is 98.5 cm³/mol. The van der Waals surface area contributed by atoms with Crippen LogP contribution in [0.3, 0.4) is 0 Å². The van der Waals surface area contributed by atoms with Gasteiger partial charge in [-0.2, -0.15) is 0 Å². The Hall–Kier alpha value is -1.75. The van der Waals surface area contributed by atoms with Crippen molar-refractivity contribution in [1.29, 1.82) is 0 Å². The average molecular weight is 333 g/mol. The Morgan fingerprint density at radius 1 is 1.29 bits per heavy atom. The van der Waals surface area contributed by atoms with Crippen LogP contribution in [0.15, 0.2) is 29.3 Å². The predicted octanol–water partition coefficient (Wildman–Crippen LogP) is 2.79. The van der Waals surface area contributed by atoms with E-state index in [1.54, 1.807) is 7.11 Å². The van der Waals surface area contributed by atoms with Crippen LogP contribution in [0.5, 0.6) is 5.75 Å². The summed E-state index contributed by atoms with van der Waals surface area (Å²) in [4.78, 5) is 6.78. The van der Waals surface area contributed by atoms with Crippen LogP contribution in [0.4, 0.5) is 0 Å². The summed E-state index contributed by atoms with van der Waals surface area (Å²) >= 11 is 0. The van der Waals surface area contributed by atoms with Gasteiger partial charge in [0, 0.05) is 25.7 Å². The van der Waals surface area contributed by atoms with Gasteiger partial charge < -0.3 is 20.1 Å². The molecule has 1 aliphatic carbocycles. The summed E-state index contributed by atoms with van der Waals surface area (Å²) in [5.41, 5.74) is 0.481. The lowest BCUT2D eigenvalue weighted by molar-refractivity contribution is 0.0130. The van der Waals surface area contributed by atoms with Crippen molar-refractivity contribution >= 4 is 5.96 Å². The van der Waals surface area contributed by atoms with E-state index in [9.17, 15) is 5.11 Å². The third kappa shape index (κ3) is 5.13. The van der Waals surface area contributed by atoms with Gasteiger partial charge in [-0.15, -0.1) is 0 Å². The minimum atomic E-state index is -0.635. The molecule has 0 aromatic heterocycles. The van der Waals surface area contributed by atoms with Gasteiger partial charge >= 0.3 is 0 Å². The highest BCUT2D eigenvalue weighted by Crippen LogP contribution is 2.28. The number of aliphatic hydroxyl groups is 1. The normalized spacial score (nSPS) is 17.4. The molecule has 0 heterocycles. The molecule has 1 saturated carbocycles. The molecular weight excluding hydrogens is 302 g/mol. The zero-order chi connectivity index (χ0) is 17.4. The first-order chi connectivity index (χ1) is 11.6. The summed E-state index contributed by atoms with van der Waals surface area (Å²) in [6, 6.07) is 8.02.